The average molecular weight is 501 g/mol. The van der Waals surface area contributed by atoms with E-state index in [1.165, 1.54) is 0 Å². The van der Waals surface area contributed by atoms with Crippen LogP contribution in [0.5, 0.6) is 5.75 Å². The van der Waals surface area contributed by atoms with Gasteiger partial charge in [0.05, 0.1) is 6.42 Å². The maximum Gasteiger partial charge on any atom is 0.251 e. The third-order valence-corrected chi connectivity index (χ3v) is 6.41. The maximum absolute atomic E-state index is 13.0. The van der Waals surface area contributed by atoms with E-state index in [2.05, 4.69) is 15.6 Å². The number of nitrogens with one attached hydrogen (secondary N) is 2. The van der Waals surface area contributed by atoms with Gasteiger partial charge in [0.25, 0.3) is 5.91 Å². The summed E-state index contributed by atoms with van der Waals surface area (Å²) >= 11 is 0. The van der Waals surface area contributed by atoms with Crippen molar-refractivity contribution < 1.29 is 19.5 Å². The molecule has 0 unspecified atom stereocenters. The highest BCUT2D eigenvalue weighted by Gasteiger charge is 2.16. The zero-order valence-electron chi connectivity index (χ0n) is 20.8. The molecular weight excluding hydrogens is 468 g/mol. The Hall–Kier alpha value is -4.20. The van der Waals surface area contributed by atoms with Crippen molar-refractivity contribution in [2.75, 3.05) is 26.2 Å². The molecule has 1 aliphatic rings. The number of phenolic OH excluding ortho intramolecular Hbond substituents is 1. The van der Waals surface area contributed by atoms with Gasteiger partial charge >= 0.3 is 0 Å². The van der Waals surface area contributed by atoms with Crippen molar-refractivity contribution in [1.82, 2.24) is 20.5 Å². The Bertz CT molecular complexity index is 1250. The number of aromatic nitrogens is 1. The Morgan fingerprint density at radius 3 is 2.51 bits per heavy atom. The molecule has 0 fully saturated rings. The Morgan fingerprint density at radius 2 is 1.68 bits per heavy atom. The van der Waals surface area contributed by atoms with Crippen molar-refractivity contribution >= 4 is 17.7 Å². The third kappa shape index (κ3) is 7.39. The van der Waals surface area contributed by atoms with Gasteiger partial charge in [-0.3, -0.25) is 19.4 Å². The number of hydrogen-bond acceptors (Lipinski definition) is 5. The molecule has 0 atom stereocenters. The van der Waals surface area contributed by atoms with Crippen LogP contribution >= 0.6 is 0 Å². The second-order valence-corrected chi connectivity index (χ2v) is 9.16. The SMILES string of the molecule is O=C1CCCN(C(=O)Cc2ccncc2)CCCNC(=O)c2cccc(c2)-c2cc(ccc2O)CCN1. The molecule has 4 rings (SSSR count). The largest absolute Gasteiger partial charge is 0.507 e. The van der Waals surface area contributed by atoms with E-state index in [1.807, 2.05) is 30.3 Å². The van der Waals surface area contributed by atoms with E-state index in [9.17, 15) is 19.5 Å². The van der Waals surface area contributed by atoms with Gasteiger partial charge in [0.2, 0.25) is 11.8 Å². The Kier molecular flexibility index (Phi) is 8.86. The molecule has 0 aliphatic carbocycles. The van der Waals surface area contributed by atoms with E-state index in [-0.39, 0.29) is 29.9 Å². The number of carbonyl (C=O) groups is 3. The summed E-state index contributed by atoms with van der Waals surface area (Å²) in [5.41, 5.74) is 3.73. The van der Waals surface area contributed by atoms with Crippen LogP contribution in [-0.4, -0.2) is 58.9 Å². The van der Waals surface area contributed by atoms with Gasteiger partial charge < -0.3 is 20.6 Å². The molecule has 3 N–H and O–H groups in total. The first-order valence-corrected chi connectivity index (χ1v) is 12.6. The number of hydrogen-bond donors (Lipinski definition) is 3. The number of aromatic hydroxyl groups is 1. The van der Waals surface area contributed by atoms with Gasteiger partial charge in [-0.15, -0.1) is 0 Å². The number of benzene rings is 2. The lowest BCUT2D eigenvalue weighted by molar-refractivity contribution is -0.131. The minimum Gasteiger partial charge on any atom is -0.507 e. The standard InChI is InChI=1S/C29H32N4O4/c34-26-8-7-21-11-15-31-27(35)6-2-16-33(28(36)19-22-9-13-30-14-10-22)17-3-12-32-29(37)24-5-1-4-23(20-24)25(26)18-21/h1,4-5,7-10,13-14,18,20,34H,2-3,6,11-12,15-17,19H2,(H,31,35)(H,32,37). The van der Waals surface area contributed by atoms with E-state index in [0.717, 1.165) is 16.7 Å². The third-order valence-electron chi connectivity index (χ3n) is 6.41. The topological polar surface area (TPSA) is 112 Å². The highest BCUT2D eigenvalue weighted by Crippen LogP contribution is 2.30. The summed E-state index contributed by atoms with van der Waals surface area (Å²) in [6.45, 7) is 1.82. The lowest BCUT2D eigenvalue weighted by Gasteiger charge is -2.23. The molecule has 3 aromatic rings. The van der Waals surface area contributed by atoms with Gasteiger partial charge in [-0.05, 0) is 72.4 Å². The molecule has 0 saturated carbocycles. The Labute approximate surface area is 216 Å². The van der Waals surface area contributed by atoms with Crippen LogP contribution in [0.25, 0.3) is 11.1 Å². The fourth-order valence-corrected chi connectivity index (χ4v) is 4.39. The summed E-state index contributed by atoms with van der Waals surface area (Å²) in [6.07, 6.45) is 5.65. The Morgan fingerprint density at radius 1 is 0.892 bits per heavy atom. The van der Waals surface area contributed by atoms with Gasteiger partial charge in [-0.1, -0.05) is 18.2 Å². The predicted molar refractivity (Wildman–Crippen MR) is 141 cm³/mol. The molecule has 0 saturated heterocycles. The van der Waals surface area contributed by atoms with Crippen LogP contribution < -0.4 is 10.6 Å². The zero-order chi connectivity index (χ0) is 26.0. The highest BCUT2D eigenvalue weighted by atomic mass is 16.3. The average Bonchev–Trinajstić information content (AvgIpc) is 2.91. The van der Waals surface area contributed by atoms with Crippen molar-refractivity contribution in [3.63, 3.8) is 0 Å². The summed E-state index contributed by atoms with van der Waals surface area (Å²) in [6, 6.07) is 16.1. The summed E-state index contributed by atoms with van der Waals surface area (Å²) in [5.74, 6) is -0.151. The number of rotatable bonds is 2. The van der Waals surface area contributed by atoms with E-state index < -0.39 is 0 Å². The number of fused-ring (bicyclic) bond motifs is 5. The van der Waals surface area contributed by atoms with Crippen LogP contribution in [0.3, 0.4) is 0 Å². The van der Waals surface area contributed by atoms with E-state index in [1.54, 1.807) is 41.6 Å². The van der Waals surface area contributed by atoms with Crippen LogP contribution in [0.1, 0.15) is 40.7 Å². The Balaban J connectivity index is 1.49. The molecule has 37 heavy (non-hydrogen) atoms. The molecule has 192 valence electrons. The molecular formula is C29H32N4O4. The van der Waals surface area contributed by atoms with Gasteiger partial charge in [0, 0.05) is 56.1 Å². The second kappa shape index (κ2) is 12.7. The van der Waals surface area contributed by atoms with E-state index >= 15 is 0 Å². The van der Waals surface area contributed by atoms with Crippen LogP contribution in [0.4, 0.5) is 0 Å². The zero-order valence-corrected chi connectivity index (χ0v) is 20.8. The van der Waals surface area contributed by atoms with Crippen LogP contribution in [-0.2, 0) is 22.4 Å². The summed E-state index contributed by atoms with van der Waals surface area (Å²) in [7, 11) is 0. The number of nitrogens with zero attached hydrogens (tertiary/aromatic N) is 2. The molecule has 4 bridgehead atoms. The van der Waals surface area contributed by atoms with Crippen LogP contribution in [0, 0.1) is 0 Å². The summed E-state index contributed by atoms with van der Waals surface area (Å²) < 4.78 is 0. The normalized spacial score (nSPS) is 15.5. The lowest BCUT2D eigenvalue weighted by atomic mass is 9.98. The molecule has 8 nitrogen and oxygen atoms in total. The van der Waals surface area contributed by atoms with Crippen molar-refractivity contribution in [1.29, 1.82) is 0 Å². The molecule has 0 radical (unpaired) electrons. The first-order valence-electron chi connectivity index (χ1n) is 12.6. The molecule has 8 heteroatoms. The van der Waals surface area contributed by atoms with Gasteiger partial charge in [-0.25, -0.2) is 0 Å². The lowest BCUT2D eigenvalue weighted by Crippen LogP contribution is -2.36. The fraction of sp³-hybridized carbons (Fsp3) is 0.310. The second-order valence-electron chi connectivity index (χ2n) is 9.16. The first-order chi connectivity index (χ1) is 18.0. The van der Waals surface area contributed by atoms with E-state index in [4.69, 9.17) is 0 Å². The fourth-order valence-electron chi connectivity index (χ4n) is 4.39. The molecule has 3 amide bonds. The predicted octanol–water partition coefficient (Wildman–Crippen LogP) is 3.10. The van der Waals surface area contributed by atoms with Crippen molar-refractivity contribution in [2.24, 2.45) is 0 Å². The molecule has 1 aromatic heterocycles. The van der Waals surface area contributed by atoms with Crippen LogP contribution in [0.2, 0.25) is 0 Å². The first kappa shape index (κ1) is 25.9. The molecule has 0 spiro atoms. The molecule has 2 heterocycles. The molecule has 2 aromatic carbocycles. The number of phenols is 1. The van der Waals surface area contributed by atoms with Crippen molar-refractivity contribution in [3.05, 3.63) is 83.7 Å². The number of carbonyl (C=O) groups excluding carboxylic acids is 3. The smallest absolute Gasteiger partial charge is 0.251 e. The number of pyridine rings is 1. The van der Waals surface area contributed by atoms with Gasteiger partial charge in [0.15, 0.2) is 0 Å². The van der Waals surface area contributed by atoms with Gasteiger partial charge in [-0.2, -0.15) is 0 Å². The minimum atomic E-state index is -0.208. The maximum atomic E-state index is 13.0. The summed E-state index contributed by atoms with van der Waals surface area (Å²) in [4.78, 5) is 44.0. The monoisotopic (exact) mass is 500 g/mol. The summed E-state index contributed by atoms with van der Waals surface area (Å²) in [5, 5.41) is 16.3. The quantitative estimate of drug-likeness (QED) is 0.501. The molecule has 1 aliphatic heterocycles. The van der Waals surface area contributed by atoms with Gasteiger partial charge in [0.1, 0.15) is 5.75 Å². The van der Waals surface area contributed by atoms with E-state index in [0.29, 0.717) is 63.0 Å². The minimum absolute atomic E-state index is 0.0180. The number of amides is 3. The van der Waals surface area contributed by atoms with Crippen molar-refractivity contribution in [3.8, 4) is 16.9 Å². The van der Waals surface area contributed by atoms with Crippen molar-refractivity contribution in [2.45, 2.75) is 32.1 Å². The highest BCUT2D eigenvalue weighted by molar-refractivity contribution is 5.95. The van der Waals surface area contributed by atoms with Crippen LogP contribution in [0.15, 0.2) is 67.0 Å².